The predicted molar refractivity (Wildman–Crippen MR) is 88.4 cm³/mol. The highest BCUT2D eigenvalue weighted by Crippen LogP contribution is 2.20. The van der Waals surface area contributed by atoms with Gasteiger partial charge in [0.2, 0.25) is 0 Å². The third-order valence-corrected chi connectivity index (χ3v) is 3.41. The van der Waals surface area contributed by atoms with E-state index in [1.165, 1.54) is 0 Å². The lowest BCUT2D eigenvalue weighted by atomic mass is 10.2. The molecule has 2 aromatic rings. The summed E-state index contributed by atoms with van der Waals surface area (Å²) in [5.74, 6) is 0.189. The van der Waals surface area contributed by atoms with Gasteiger partial charge in [0.25, 0.3) is 5.91 Å². The quantitative estimate of drug-likeness (QED) is 0.796. The Kier molecular flexibility index (Phi) is 5.24. The maximum atomic E-state index is 11.9. The van der Waals surface area contributed by atoms with Crippen LogP contribution in [0.3, 0.4) is 0 Å². The van der Waals surface area contributed by atoms with Gasteiger partial charge in [-0.2, -0.15) is 0 Å². The number of thiocarbonyl (C=S) groups is 1. The fourth-order valence-electron chi connectivity index (χ4n) is 1.60. The Bertz CT molecular complexity index is 679. The number of ether oxygens (including phenoxy) is 1. The molecule has 0 aliphatic heterocycles. The third kappa shape index (κ3) is 4.24. The molecule has 0 aliphatic carbocycles. The van der Waals surface area contributed by atoms with E-state index in [2.05, 4.69) is 26.2 Å². The van der Waals surface area contributed by atoms with Crippen molar-refractivity contribution >= 4 is 44.7 Å². The summed E-state index contributed by atoms with van der Waals surface area (Å²) in [6.07, 6.45) is 3.18. The van der Waals surface area contributed by atoms with E-state index < -0.39 is 0 Å². The van der Waals surface area contributed by atoms with E-state index in [4.69, 9.17) is 22.7 Å². The second kappa shape index (κ2) is 7.14. The van der Waals surface area contributed by atoms with Gasteiger partial charge in [-0.05, 0) is 34.1 Å². The van der Waals surface area contributed by atoms with Crippen molar-refractivity contribution in [2.45, 2.75) is 0 Å². The van der Waals surface area contributed by atoms with Gasteiger partial charge in [-0.3, -0.25) is 9.78 Å². The summed E-state index contributed by atoms with van der Waals surface area (Å²) >= 11 is 8.24. The van der Waals surface area contributed by atoms with E-state index in [0.29, 0.717) is 21.5 Å². The summed E-state index contributed by atoms with van der Waals surface area (Å²) in [6, 6.07) is 8.73. The molecule has 1 aromatic carbocycles. The number of amides is 1. The average Bonchev–Trinajstić information content (AvgIpc) is 2.48. The van der Waals surface area contributed by atoms with Crippen molar-refractivity contribution in [2.24, 2.45) is 5.73 Å². The van der Waals surface area contributed by atoms with Gasteiger partial charge < -0.3 is 15.8 Å². The van der Waals surface area contributed by atoms with Gasteiger partial charge >= 0.3 is 0 Å². The normalized spacial score (nSPS) is 9.95. The van der Waals surface area contributed by atoms with Crippen LogP contribution in [0.1, 0.15) is 5.56 Å². The van der Waals surface area contributed by atoms with Gasteiger partial charge in [-0.1, -0.05) is 24.4 Å². The van der Waals surface area contributed by atoms with Gasteiger partial charge in [0.05, 0.1) is 15.7 Å². The SMILES string of the molecule is NC(=S)c1ccccc1OCC(=O)Nc1ccncc1Br. The first-order chi connectivity index (χ1) is 10.1. The monoisotopic (exact) mass is 365 g/mol. The van der Waals surface area contributed by atoms with Crippen LogP contribution in [0, 0.1) is 0 Å². The fourth-order valence-corrected chi connectivity index (χ4v) is 2.12. The van der Waals surface area contributed by atoms with E-state index in [-0.39, 0.29) is 17.5 Å². The Morgan fingerprint density at radius 1 is 1.38 bits per heavy atom. The first-order valence-electron chi connectivity index (χ1n) is 5.99. The number of anilines is 1. The molecule has 0 unspecified atom stereocenters. The summed E-state index contributed by atoms with van der Waals surface area (Å²) in [5.41, 5.74) is 6.83. The van der Waals surface area contributed by atoms with Crippen LogP contribution in [0.5, 0.6) is 5.75 Å². The van der Waals surface area contributed by atoms with Gasteiger partial charge in [0, 0.05) is 12.4 Å². The van der Waals surface area contributed by atoms with Gasteiger partial charge in [-0.15, -0.1) is 0 Å². The molecule has 1 aromatic heterocycles. The molecule has 2 rings (SSSR count). The Morgan fingerprint density at radius 2 is 2.14 bits per heavy atom. The average molecular weight is 366 g/mol. The maximum Gasteiger partial charge on any atom is 0.262 e. The fraction of sp³-hybridized carbons (Fsp3) is 0.0714. The Hall–Kier alpha value is -1.99. The molecule has 0 bridgehead atoms. The highest BCUT2D eigenvalue weighted by molar-refractivity contribution is 9.10. The van der Waals surface area contributed by atoms with Crippen LogP contribution in [-0.4, -0.2) is 22.5 Å². The number of hydrogen-bond donors (Lipinski definition) is 2. The number of nitrogens with two attached hydrogens (primary N) is 1. The van der Waals surface area contributed by atoms with E-state index >= 15 is 0 Å². The Balaban J connectivity index is 1.99. The van der Waals surface area contributed by atoms with Crippen molar-refractivity contribution in [1.82, 2.24) is 4.98 Å². The Labute approximate surface area is 135 Å². The van der Waals surface area contributed by atoms with Gasteiger partial charge in [0.1, 0.15) is 10.7 Å². The lowest BCUT2D eigenvalue weighted by molar-refractivity contribution is -0.118. The number of halogens is 1. The van der Waals surface area contributed by atoms with Crippen LogP contribution in [0.15, 0.2) is 47.2 Å². The number of nitrogens with zero attached hydrogens (tertiary/aromatic N) is 1. The lowest BCUT2D eigenvalue weighted by Crippen LogP contribution is -2.21. The minimum atomic E-state index is -0.292. The summed E-state index contributed by atoms with van der Waals surface area (Å²) in [6.45, 7) is -0.144. The molecule has 1 amide bonds. The number of aromatic nitrogens is 1. The molecule has 7 heteroatoms. The van der Waals surface area contributed by atoms with Gasteiger partial charge in [0.15, 0.2) is 6.61 Å². The standard InChI is InChI=1S/C14H12BrN3O2S/c15-10-7-17-6-5-11(10)18-13(19)8-20-12-4-2-1-3-9(12)14(16)21/h1-7H,8H2,(H2,16,21)(H,17,18,19). The van der Waals surface area contributed by atoms with Crippen LogP contribution >= 0.6 is 28.1 Å². The number of para-hydroxylation sites is 1. The minimum Gasteiger partial charge on any atom is -0.483 e. The van der Waals surface area contributed by atoms with Crippen molar-refractivity contribution in [3.8, 4) is 5.75 Å². The summed E-state index contributed by atoms with van der Waals surface area (Å²) in [4.78, 5) is 16.0. The number of nitrogens with one attached hydrogen (secondary N) is 1. The van der Waals surface area contributed by atoms with Crippen LogP contribution in [0.2, 0.25) is 0 Å². The molecule has 108 valence electrons. The van der Waals surface area contributed by atoms with Crippen molar-refractivity contribution < 1.29 is 9.53 Å². The number of rotatable bonds is 5. The zero-order chi connectivity index (χ0) is 15.2. The number of carbonyl (C=O) groups excluding carboxylic acids is 1. The summed E-state index contributed by atoms with van der Waals surface area (Å²) in [7, 11) is 0. The van der Waals surface area contributed by atoms with Crippen LogP contribution in [0.25, 0.3) is 0 Å². The van der Waals surface area contributed by atoms with Gasteiger partial charge in [-0.25, -0.2) is 0 Å². The van der Waals surface area contributed by atoms with Crippen LogP contribution in [-0.2, 0) is 4.79 Å². The molecule has 21 heavy (non-hydrogen) atoms. The smallest absolute Gasteiger partial charge is 0.262 e. The highest BCUT2D eigenvalue weighted by Gasteiger charge is 2.09. The van der Waals surface area contributed by atoms with Crippen molar-refractivity contribution in [3.05, 3.63) is 52.8 Å². The Morgan fingerprint density at radius 3 is 2.86 bits per heavy atom. The molecule has 0 radical (unpaired) electrons. The molecule has 1 heterocycles. The second-order valence-corrected chi connectivity index (χ2v) is 5.35. The zero-order valence-corrected chi connectivity index (χ0v) is 13.3. The zero-order valence-electron chi connectivity index (χ0n) is 10.9. The first kappa shape index (κ1) is 15.4. The summed E-state index contributed by atoms with van der Waals surface area (Å²) in [5, 5.41) is 2.71. The summed E-state index contributed by atoms with van der Waals surface area (Å²) < 4.78 is 6.16. The number of carbonyl (C=O) groups is 1. The van der Waals surface area contributed by atoms with Crippen LogP contribution < -0.4 is 15.8 Å². The minimum absolute atomic E-state index is 0.144. The van der Waals surface area contributed by atoms with E-state index in [0.717, 1.165) is 0 Å². The second-order valence-electron chi connectivity index (χ2n) is 4.05. The molecule has 0 aliphatic rings. The highest BCUT2D eigenvalue weighted by atomic mass is 79.9. The number of hydrogen-bond acceptors (Lipinski definition) is 4. The molecule has 0 saturated heterocycles. The molecule has 0 atom stereocenters. The number of benzene rings is 1. The van der Waals surface area contributed by atoms with Crippen molar-refractivity contribution in [3.63, 3.8) is 0 Å². The molecule has 3 N–H and O–H groups in total. The van der Waals surface area contributed by atoms with E-state index in [9.17, 15) is 4.79 Å². The molecule has 0 saturated carbocycles. The largest absolute Gasteiger partial charge is 0.483 e. The molecule has 5 nitrogen and oxygen atoms in total. The molecule has 0 spiro atoms. The molecular weight excluding hydrogens is 354 g/mol. The topological polar surface area (TPSA) is 77.2 Å². The first-order valence-corrected chi connectivity index (χ1v) is 7.19. The van der Waals surface area contributed by atoms with Crippen molar-refractivity contribution in [1.29, 1.82) is 0 Å². The van der Waals surface area contributed by atoms with E-state index in [1.54, 1.807) is 42.7 Å². The van der Waals surface area contributed by atoms with Crippen LogP contribution in [0.4, 0.5) is 5.69 Å². The predicted octanol–water partition coefficient (Wildman–Crippen LogP) is 2.50. The number of pyridine rings is 1. The van der Waals surface area contributed by atoms with Crippen molar-refractivity contribution in [2.75, 3.05) is 11.9 Å². The molecule has 0 fully saturated rings. The maximum absolute atomic E-state index is 11.9. The van der Waals surface area contributed by atoms with E-state index in [1.807, 2.05) is 0 Å². The third-order valence-electron chi connectivity index (χ3n) is 2.56. The molecular formula is C14H12BrN3O2S. The lowest BCUT2D eigenvalue weighted by Gasteiger charge is -2.11.